The second kappa shape index (κ2) is 10.1. The second-order valence-electron chi connectivity index (χ2n) is 9.03. The molecule has 1 aliphatic heterocycles. The Bertz CT molecular complexity index is 1230. The lowest BCUT2D eigenvalue weighted by molar-refractivity contribution is 0.0526. The number of benzene rings is 2. The van der Waals surface area contributed by atoms with E-state index in [-0.39, 0.29) is 12.0 Å². The molecule has 0 bridgehead atoms. The average molecular weight is 500 g/mol. The number of hydrogen-bond donors (Lipinski definition) is 0. The minimum absolute atomic E-state index is 0.229. The number of allylic oxidation sites excluding steroid dienone is 2. The van der Waals surface area contributed by atoms with Gasteiger partial charge in [0.2, 0.25) is 10.0 Å². The Morgan fingerprint density at radius 3 is 2.59 bits per heavy atom. The molecule has 2 aliphatic rings. The van der Waals surface area contributed by atoms with Crippen LogP contribution in [-0.4, -0.2) is 38.4 Å². The molecule has 1 aliphatic carbocycles. The van der Waals surface area contributed by atoms with Crippen LogP contribution >= 0.6 is 11.6 Å². The predicted octanol–water partition coefficient (Wildman–Crippen LogP) is 5.94. The minimum Gasteiger partial charge on any atom is -0.462 e. The molecule has 1 spiro atoms. The molecule has 5 nitrogen and oxygen atoms in total. The Kier molecular flexibility index (Phi) is 7.31. The van der Waals surface area contributed by atoms with Crippen molar-refractivity contribution < 1.29 is 17.9 Å². The summed E-state index contributed by atoms with van der Waals surface area (Å²) in [6.07, 6.45) is 7.83. The van der Waals surface area contributed by atoms with E-state index in [2.05, 4.69) is 12.2 Å². The molecule has 0 saturated carbocycles. The van der Waals surface area contributed by atoms with Crippen LogP contribution in [0.1, 0.15) is 54.1 Å². The highest BCUT2D eigenvalue weighted by atomic mass is 35.5. The third kappa shape index (κ3) is 4.85. The summed E-state index contributed by atoms with van der Waals surface area (Å²) in [6.45, 7) is 4.61. The number of aryl methyl sites for hydroxylation is 1. The quantitative estimate of drug-likeness (QED) is 0.377. The van der Waals surface area contributed by atoms with Crippen molar-refractivity contribution in [3.05, 3.63) is 82.9 Å². The molecule has 2 aromatic carbocycles. The molecule has 1 fully saturated rings. The van der Waals surface area contributed by atoms with Gasteiger partial charge in [0.1, 0.15) is 0 Å². The van der Waals surface area contributed by atoms with Gasteiger partial charge in [0, 0.05) is 23.5 Å². The molecule has 1 saturated heterocycles. The van der Waals surface area contributed by atoms with E-state index in [1.807, 2.05) is 25.1 Å². The van der Waals surface area contributed by atoms with E-state index < -0.39 is 16.0 Å². The molecule has 1 heterocycles. The van der Waals surface area contributed by atoms with E-state index in [0.29, 0.717) is 34.2 Å². The summed E-state index contributed by atoms with van der Waals surface area (Å²) >= 11 is 7.01. The van der Waals surface area contributed by atoms with Gasteiger partial charge in [-0.1, -0.05) is 53.6 Å². The maximum atomic E-state index is 13.6. The van der Waals surface area contributed by atoms with Crippen molar-refractivity contribution >= 4 is 32.6 Å². The molecule has 180 valence electrons. The molecule has 0 N–H and O–H groups in total. The van der Waals surface area contributed by atoms with E-state index in [1.54, 1.807) is 41.6 Å². The summed E-state index contributed by atoms with van der Waals surface area (Å²) in [6, 6.07) is 14.0. The molecule has 0 amide bonds. The lowest BCUT2D eigenvalue weighted by Gasteiger charge is -2.29. The standard InChI is InChI=1S/C27H30ClNO4S/c1-3-33-26(30)22-10-8-9-21(17-22)25(28)24-18-29(19-27(24)15-6-4-5-7-16-27)34(31,32)23-13-11-20(2)12-14-23/h4,6,8-14,17H,3,5,7,15-16,18-19H2,1-2H3/b25-24+. The van der Waals surface area contributed by atoms with Crippen LogP contribution in [0.25, 0.3) is 5.03 Å². The summed E-state index contributed by atoms with van der Waals surface area (Å²) < 4.78 is 33.8. The maximum Gasteiger partial charge on any atom is 0.338 e. The summed E-state index contributed by atoms with van der Waals surface area (Å²) in [5.74, 6) is -0.402. The van der Waals surface area contributed by atoms with Crippen molar-refractivity contribution in [2.75, 3.05) is 19.7 Å². The maximum absolute atomic E-state index is 13.6. The van der Waals surface area contributed by atoms with Gasteiger partial charge in [-0.15, -0.1) is 0 Å². The predicted molar refractivity (Wildman–Crippen MR) is 135 cm³/mol. The highest BCUT2D eigenvalue weighted by molar-refractivity contribution is 7.89. The molecular weight excluding hydrogens is 470 g/mol. The molecule has 4 rings (SSSR count). The van der Waals surface area contributed by atoms with Crippen molar-refractivity contribution in [1.82, 2.24) is 4.31 Å². The van der Waals surface area contributed by atoms with Crippen LogP contribution in [0.2, 0.25) is 0 Å². The number of carbonyl (C=O) groups excluding carboxylic acids is 1. The largest absolute Gasteiger partial charge is 0.462 e. The summed E-state index contributed by atoms with van der Waals surface area (Å²) in [4.78, 5) is 12.6. The van der Waals surface area contributed by atoms with Gasteiger partial charge in [0.05, 0.1) is 17.1 Å². The zero-order valence-electron chi connectivity index (χ0n) is 19.6. The molecule has 2 aromatic rings. The van der Waals surface area contributed by atoms with Gasteiger partial charge < -0.3 is 4.74 Å². The number of esters is 1. The molecule has 0 aromatic heterocycles. The number of hydrogen-bond acceptors (Lipinski definition) is 4. The fourth-order valence-electron chi connectivity index (χ4n) is 4.84. The van der Waals surface area contributed by atoms with E-state index in [0.717, 1.165) is 36.8 Å². The normalized spacial score (nSPS) is 22.6. The van der Waals surface area contributed by atoms with Crippen molar-refractivity contribution in [2.24, 2.45) is 5.41 Å². The fourth-order valence-corrected chi connectivity index (χ4v) is 6.71. The minimum atomic E-state index is -3.68. The Balaban J connectivity index is 1.77. The molecule has 1 unspecified atom stereocenters. The van der Waals surface area contributed by atoms with Crippen LogP contribution in [0, 0.1) is 12.3 Å². The number of carbonyl (C=O) groups is 1. The van der Waals surface area contributed by atoms with E-state index in [9.17, 15) is 13.2 Å². The highest BCUT2D eigenvalue weighted by Crippen LogP contribution is 2.49. The third-order valence-electron chi connectivity index (χ3n) is 6.71. The Labute approximate surface area is 207 Å². The number of halogens is 1. The summed E-state index contributed by atoms with van der Waals surface area (Å²) in [5.41, 5.74) is 2.68. The van der Waals surface area contributed by atoms with Crippen LogP contribution in [0.15, 0.2) is 71.2 Å². The van der Waals surface area contributed by atoms with Crippen molar-refractivity contribution in [1.29, 1.82) is 0 Å². The summed E-state index contributed by atoms with van der Waals surface area (Å²) in [5, 5.41) is 0.517. The highest BCUT2D eigenvalue weighted by Gasteiger charge is 2.47. The Morgan fingerprint density at radius 2 is 1.85 bits per heavy atom. The smallest absolute Gasteiger partial charge is 0.338 e. The van der Waals surface area contributed by atoms with Crippen LogP contribution in [0.3, 0.4) is 0 Å². The van der Waals surface area contributed by atoms with Crippen molar-refractivity contribution in [3.63, 3.8) is 0 Å². The molecule has 34 heavy (non-hydrogen) atoms. The van der Waals surface area contributed by atoms with Gasteiger partial charge in [-0.3, -0.25) is 0 Å². The van der Waals surface area contributed by atoms with E-state index in [1.165, 1.54) is 0 Å². The Morgan fingerprint density at radius 1 is 1.12 bits per heavy atom. The van der Waals surface area contributed by atoms with Crippen LogP contribution in [-0.2, 0) is 14.8 Å². The molecule has 7 heteroatoms. The average Bonchev–Trinajstić information content (AvgIpc) is 3.05. The SMILES string of the molecule is CCOC(=O)c1cccc(/C(Cl)=C2/CN(S(=O)(=O)c3ccc(C)cc3)CC23CC=CCCC3)c1. The molecule has 0 radical (unpaired) electrons. The second-order valence-corrected chi connectivity index (χ2v) is 11.3. The molecule has 1 atom stereocenters. The number of ether oxygens (including phenoxy) is 1. The number of sulfonamides is 1. The zero-order valence-corrected chi connectivity index (χ0v) is 21.2. The van der Waals surface area contributed by atoms with Gasteiger partial charge in [-0.2, -0.15) is 4.31 Å². The van der Waals surface area contributed by atoms with Gasteiger partial charge in [0.15, 0.2) is 0 Å². The monoisotopic (exact) mass is 499 g/mol. The van der Waals surface area contributed by atoms with Crippen molar-refractivity contribution in [3.8, 4) is 0 Å². The van der Waals surface area contributed by atoms with Gasteiger partial charge >= 0.3 is 5.97 Å². The first-order valence-corrected chi connectivity index (χ1v) is 13.5. The lowest BCUT2D eigenvalue weighted by Crippen LogP contribution is -2.32. The first-order valence-electron chi connectivity index (χ1n) is 11.7. The van der Waals surface area contributed by atoms with Crippen molar-refractivity contribution in [2.45, 2.75) is 44.4 Å². The van der Waals surface area contributed by atoms with E-state index >= 15 is 0 Å². The fraction of sp³-hybridized carbons (Fsp3) is 0.370. The van der Waals surface area contributed by atoms with Gasteiger partial charge in [-0.25, -0.2) is 13.2 Å². The molecular formula is C27H30ClNO4S. The Hall–Kier alpha value is -2.41. The first kappa shape index (κ1) is 24.7. The number of rotatable bonds is 5. The van der Waals surface area contributed by atoms with Gasteiger partial charge in [-0.05, 0) is 74.9 Å². The van der Waals surface area contributed by atoms with Gasteiger partial charge in [0.25, 0.3) is 0 Å². The first-order chi connectivity index (χ1) is 16.3. The van der Waals surface area contributed by atoms with Crippen LogP contribution in [0.4, 0.5) is 0 Å². The zero-order chi connectivity index (χ0) is 24.3. The number of nitrogens with zero attached hydrogens (tertiary/aromatic N) is 1. The van der Waals surface area contributed by atoms with Crippen LogP contribution < -0.4 is 0 Å². The third-order valence-corrected chi connectivity index (χ3v) is 8.96. The topological polar surface area (TPSA) is 63.7 Å². The van der Waals surface area contributed by atoms with E-state index in [4.69, 9.17) is 16.3 Å². The summed E-state index contributed by atoms with van der Waals surface area (Å²) in [7, 11) is -3.68. The van der Waals surface area contributed by atoms with Crippen LogP contribution in [0.5, 0.6) is 0 Å². The lowest BCUT2D eigenvalue weighted by atomic mass is 9.75.